The van der Waals surface area contributed by atoms with Gasteiger partial charge in [-0.05, 0) is 72.3 Å². The second kappa shape index (κ2) is 7.05. The Hall–Kier alpha value is -0.390. The van der Waals surface area contributed by atoms with E-state index < -0.39 is 0 Å². The summed E-state index contributed by atoms with van der Waals surface area (Å²) in [5.74, 6) is 0. The zero-order chi connectivity index (χ0) is 14.7. The third kappa shape index (κ3) is 3.83. The summed E-state index contributed by atoms with van der Waals surface area (Å²) in [5.41, 5.74) is 5.24. The molecular formula is C17H19BrIN. The fourth-order valence-corrected chi connectivity index (χ4v) is 3.51. The van der Waals surface area contributed by atoms with Crippen LogP contribution in [0.2, 0.25) is 0 Å². The van der Waals surface area contributed by atoms with Crippen LogP contribution in [0.4, 0.5) is 0 Å². The number of rotatable bonds is 4. The van der Waals surface area contributed by atoms with Crippen LogP contribution < -0.4 is 5.32 Å². The lowest BCUT2D eigenvalue weighted by Crippen LogP contribution is -2.22. The Balaban J connectivity index is 2.52. The highest BCUT2D eigenvalue weighted by Crippen LogP contribution is 2.31. The Morgan fingerprint density at radius 3 is 2.35 bits per heavy atom. The Kier molecular flexibility index (Phi) is 5.64. The van der Waals surface area contributed by atoms with Crippen LogP contribution in [0, 0.1) is 17.4 Å². The van der Waals surface area contributed by atoms with E-state index in [0.717, 1.165) is 11.0 Å². The fraction of sp³-hybridized carbons (Fsp3) is 0.294. The molecule has 20 heavy (non-hydrogen) atoms. The third-order valence-electron chi connectivity index (χ3n) is 3.25. The van der Waals surface area contributed by atoms with Gasteiger partial charge >= 0.3 is 0 Å². The summed E-state index contributed by atoms with van der Waals surface area (Å²) < 4.78 is 2.41. The predicted octanol–water partition coefficient (Wildman–Crippen LogP) is 5.37. The number of halogens is 2. The summed E-state index contributed by atoms with van der Waals surface area (Å²) in [6.07, 6.45) is 0. The van der Waals surface area contributed by atoms with E-state index in [2.05, 4.69) is 101 Å². The fourth-order valence-electron chi connectivity index (χ4n) is 2.52. The van der Waals surface area contributed by atoms with E-state index in [9.17, 15) is 0 Å². The van der Waals surface area contributed by atoms with E-state index in [1.54, 1.807) is 0 Å². The van der Waals surface area contributed by atoms with Crippen molar-refractivity contribution in [1.29, 1.82) is 0 Å². The van der Waals surface area contributed by atoms with Crippen molar-refractivity contribution in [2.24, 2.45) is 0 Å². The number of benzene rings is 2. The van der Waals surface area contributed by atoms with E-state index in [-0.39, 0.29) is 6.04 Å². The lowest BCUT2D eigenvalue weighted by molar-refractivity contribution is 0.627. The zero-order valence-electron chi connectivity index (χ0n) is 12.0. The first-order valence-electron chi connectivity index (χ1n) is 6.77. The second-order valence-electron chi connectivity index (χ2n) is 5.08. The summed E-state index contributed by atoms with van der Waals surface area (Å²) in [6, 6.07) is 13.5. The van der Waals surface area contributed by atoms with Crippen molar-refractivity contribution in [3.8, 4) is 0 Å². The molecule has 0 bridgehead atoms. The molecule has 0 heterocycles. The molecule has 0 spiro atoms. The lowest BCUT2D eigenvalue weighted by atomic mass is 9.95. The first-order chi connectivity index (χ1) is 9.51. The minimum absolute atomic E-state index is 0.225. The van der Waals surface area contributed by atoms with Gasteiger partial charge in [0.05, 0.1) is 6.04 Å². The maximum Gasteiger partial charge on any atom is 0.0588 e. The summed E-state index contributed by atoms with van der Waals surface area (Å²) in [5, 5.41) is 3.60. The Bertz CT molecular complexity index is 590. The van der Waals surface area contributed by atoms with E-state index in [0.29, 0.717) is 0 Å². The van der Waals surface area contributed by atoms with Crippen LogP contribution in [0.3, 0.4) is 0 Å². The van der Waals surface area contributed by atoms with Crippen LogP contribution >= 0.6 is 38.5 Å². The van der Waals surface area contributed by atoms with Gasteiger partial charge in [-0.2, -0.15) is 0 Å². The summed E-state index contributed by atoms with van der Waals surface area (Å²) >= 11 is 6.06. The molecule has 0 aliphatic rings. The summed E-state index contributed by atoms with van der Waals surface area (Å²) in [6.45, 7) is 7.40. The van der Waals surface area contributed by atoms with Crippen LogP contribution in [0.15, 0.2) is 40.9 Å². The third-order valence-corrected chi connectivity index (χ3v) is 4.65. The number of aryl methyl sites for hydroxylation is 2. The first kappa shape index (κ1) is 16.0. The highest BCUT2D eigenvalue weighted by molar-refractivity contribution is 14.1. The van der Waals surface area contributed by atoms with Crippen molar-refractivity contribution < 1.29 is 0 Å². The minimum Gasteiger partial charge on any atom is -0.306 e. The maximum absolute atomic E-state index is 3.69. The molecule has 1 unspecified atom stereocenters. The largest absolute Gasteiger partial charge is 0.306 e. The van der Waals surface area contributed by atoms with E-state index in [1.807, 2.05) is 0 Å². The molecule has 2 aromatic carbocycles. The molecule has 3 heteroatoms. The number of nitrogens with one attached hydrogen (secondary N) is 1. The summed E-state index contributed by atoms with van der Waals surface area (Å²) in [4.78, 5) is 0. The van der Waals surface area contributed by atoms with Crippen molar-refractivity contribution in [2.45, 2.75) is 26.8 Å². The molecule has 0 aliphatic carbocycles. The molecular weight excluding hydrogens is 425 g/mol. The van der Waals surface area contributed by atoms with Crippen molar-refractivity contribution >= 4 is 38.5 Å². The Morgan fingerprint density at radius 1 is 1.10 bits per heavy atom. The zero-order valence-corrected chi connectivity index (χ0v) is 15.7. The topological polar surface area (TPSA) is 12.0 Å². The van der Waals surface area contributed by atoms with Crippen LogP contribution in [0.1, 0.15) is 35.2 Å². The molecule has 1 nitrogen and oxygen atoms in total. The molecule has 2 rings (SSSR count). The highest BCUT2D eigenvalue weighted by Gasteiger charge is 2.16. The van der Waals surface area contributed by atoms with Crippen LogP contribution in [0.25, 0.3) is 0 Å². The number of hydrogen-bond donors (Lipinski definition) is 1. The molecule has 0 aromatic heterocycles. The van der Waals surface area contributed by atoms with Gasteiger partial charge in [0.2, 0.25) is 0 Å². The lowest BCUT2D eigenvalue weighted by Gasteiger charge is -2.21. The van der Waals surface area contributed by atoms with Gasteiger partial charge in [0.1, 0.15) is 0 Å². The smallest absolute Gasteiger partial charge is 0.0588 e. The normalized spacial score (nSPS) is 12.4. The van der Waals surface area contributed by atoms with Crippen LogP contribution in [-0.4, -0.2) is 6.54 Å². The van der Waals surface area contributed by atoms with Gasteiger partial charge in [0, 0.05) is 8.04 Å². The SMILES string of the molecule is CCNC(c1cc(C)cc(C)c1)c1cc(I)ccc1Br. The van der Waals surface area contributed by atoms with Crippen molar-refractivity contribution in [2.75, 3.05) is 6.54 Å². The molecule has 1 atom stereocenters. The molecule has 106 valence electrons. The van der Waals surface area contributed by atoms with Crippen molar-refractivity contribution in [1.82, 2.24) is 5.32 Å². The second-order valence-corrected chi connectivity index (χ2v) is 7.18. The van der Waals surface area contributed by atoms with Gasteiger partial charge in [-0.25, -0.2) is 0 Å². The van der Waals surface area contributed by atoms with E-state index in [4.69, 9.17) is 0 Å². The predicted molar refractivity (Wildman–Crippen MR) is 98.3 cm³/mol. The minimum atomic E-state index is 0.225. The summed E-state index contributed by atoms with van der Waals surface area (Å²) in [7, 11) is 0. The standard InChI is InChI=1S/C17H19BrIN/c1-4-20-17(13-8-11(2)7-12(3)9-13)15-10-14(19)5-6-16(15)18/h5-10,17,20H,4H2,1-3H3. The monoisotopic (exact) mass is 443 g/mol. The van der Waals surface area contributed by atoms with Gasteiger partial charge < -0.3 is 5.32 Å². The highest BCUT2D eigenvalue weighted by atomic mass is 127. The van der Waals surface area contributed by atoms with E-state index >= 15 is 0 Å². The van der Waals surface area contributed by atoms with Gasteiger partial charge in [0.25, 0.3) is 0 Å². The Morgan fingerprint density at radius 2 is 1.75 bits per heavy atom. The van der Waals surface area contributed by atoms with Crippen molar-refractivity contribution in [3.63, 3.8) is 0 Å². The van der Waals surface area contributed by atoms with Gasteiger partial charge in [-0.3, -0.25) is 0 Å². The maximum atomic E-state index is 3.69. The van der Waals surface area contributed by atoms with Crippen LogP contribution in [0.5, 0.6) is 0 Å². The van der Waals surface area contributed by atoms with Gasteiger partial charge in [-0.1, -0.05) is 52.2 Å². The van der Waals surface area contributed by atoms with Gasteiger partial charge in [-0.15, -0.1) is 0 Å². The first-order valence-corrected chi connectivity index (χ1v) is 8.65. The average molecular weight is 444 g/mol. The number of hydrogen-bond acceptors (Lipinski definition) is 1. The molecule has 1 N–H and O–H groups in total. The molecule has 0 saturated heterocycles. The van der Waals surface area contributed by atoms with Crippen LogP contribution in [-0.2, 0) is 0 Å². The quantitative estimate of drug-likeness (QED) is 0.626. The molecule has 2 aromatic rings. The van der Waals surface area contributed by atoms with Crippen molar-refractivity contribution in [3.05, 3.63) is 66.7 Å². The molecule has 0 saturated carbocycles. The van der Waals surface area contributed by atoms with Gasteiger partial charge in [0.15, 0.2) is 0 Å². The Labute approximate surface area is 143 Å². The molecule has 0 aliphatic heterocycles. The average Bonchev–Trinajstić information content (AvgIpc) is 2.38. The van der Waals surface area contributed by atoms with E-state index in [1.165, 1.54) is 25.8 Å². The molecule has 0 amide bonds. The molecule has 0 radical (unpaired) electrons. The molecule has 0 fully saturated rings.